The van der Waals surface area contributed by atoms with E-state index >= 15 is 0 Å². The van der Waals surface area contributed by atoms with Crippen LogP contribution < -0.4 is 11.1 Å². The molecule has 0 aliphatic heterocycles. The standard InChI is InChI=1S/C10H26N2O2Si/c1-5-10(12-9(4)11)8-15(13-6-2)14-7-3/h9-10,12,15H,5-8,11H2,1-4H3. The summed E-state index contributed by atoms with van der Waals surface area (Å²) in [6.45, 7) is 9.62. The van der Waals surface area contributed by atoms with E-state index in [9.17, 15) is 0 Å². The summed E-state index contributed by atoms with van der Waals surface area (Å²) in [6.07, 6.45) is 1.10. The SMILES string of the molecule is CCO[SiH](CC(CC)NC(C)N)OCC. The van der Waals surface area contributed by atoms with Crippen molar-refractivity contribution in [3.8, 4) is 0 Å². The highest BCUT2D eigenvalue weighted by Crippen LogP contribution is 2.06. The molecular formula is C10H26N2O2Si. The molecule has 92 valence electrons. The number of hydrogen-bond acceptors (Lipinski definition) is 4. The predicted octanol–water partition coefficient (Wildman–Crippen LogP) is 0.953. The van der Waals surface area contributed by atoms with Crippen LogP contribution in [-0.4, -0.2) is 34.7 Å². The first-order chi connectivity index (χ1) is 7.13. The van der Waals surface area contributed by atoms with E-state index in [0.29, 0.717) is 6.04 Å². The van der Waals surface area contributed by atoms with E-state index in [0.717, 1.165) is 25.7 Å². The van der Waals surface area contributed by atoms with Crippen molar-refractivity contribution in [3.63, 3.8) is 0 Å². The molecule has 0 aromatic carbocycles. The van der Waals surface area contributed by atoms with Crippen LogP contribution >= 0.6 is 0 Å². The third kappa shape index (κ3) is 7.93. The van der Waals surface area contributed by atoms with Gasteiger partial charge in [0.15, 0.2) is 0 Å². The van der Waals surface area contributed by atoms with Crippen LogP contribution in [0.5, 0.6) is 0 Å². The van der Waals surface area contributed by atoms with Crippen LogP contribution in [0, 0.1) is 0 Å². The van der Waals surface area contributed by atoms with Crippen LogP contribution in [0.2, 0.25) is 6.04 Å². The van der Waals surface area contributed by atoms with Gasteiger partial charge in [0, 0.05) is 25.3 Å². The summed E-state index contributed by atoms with van der Waals surface area (Å²) in [5.41, 5.74) is 5.72. The van der Waals surface area contributed by atoms with Crippen molar-refractivity contribution < 1.29 is 8.85 Å². The highest BCUT2D eigenvalue weighted by Gasteiger charge is 2.18. The quantitative estimate of drug-likeness (QED) is 0.461. The molecule has 0 rings (SSSR count). The number of hydrogen-bond donors (Lipinski definition) is 2. The van der Waals surface area contributed by atoms with Gasteiger partial charge in [0.1, 0.15) is 0 Å². The van der Waals surface area contributed by atoms with Crippen molar-refractivity contribution in [1.29, 1.82) is 0 Å². The highest BCUT2D eigenvalue weighted by atomic mass is 28.3. The van der Waals surface area contributed by atoms with Gasteiger partial charge < -0.3 is 14.6 Å². The Morgan fingerprint density at radius 1 is 1.20 bits per heavy atom. The fourth-order valence-corrected chi connectivity index (χ4v) is 3.56. The van der Waals surface area contributed by atoms with E-state index in [1.165, 1.54) is 0 Å². The average Bonchev–Trinajstić information content (AvgIpc) is 2.16. The first-order valence-corrected chi connectivity index (χ1v) is 7.64. The summed E-state index contributed by atoms with van der Waals surface area (Å²) in [6, 6.07) is 1.40. The fraction of sp³-hybridized carbons (Fsp3) is 1.00. The molecule has 2 atom stereocenters. The van der Waals surface area contributed by atoms with E-state index < -0.39 is 9.28 Å². The zero-order valence-electron chi connectivity index (χ0n) is 10.5. The summed E-state index contributed by atoms with van der Waals surface area (Å²) >= 11 is 0. The van der Waals surface area contributed by atoms with Crippen molar-refractivity contribution in [2.75, 3.05) is 13.2 Å². The number of rotatable bonds is 9. The second-order valence-electron chi connectivity index (χ2n) is 3.64. The van der Waals surface area contributed by atoms with Crippen molar-refractivity contribution in [2.45, 2.75) is 52.4 Å². The van der Waals surface area contributed by atoms with E-state index in [-0.39, 0.29) is 6.17 Å². The van der Waals surface area contributed by atoms with E-state index in [4.69, 9.17) is 14.6 Å². The molecule has 0 aliphatic rings. The minimum Gasteiger partial charge on any atom is -0.397 e. The molecule has 0 radical (unpaired) electrons. The monoisotopic (exact) mass is 234 g/mol. The zero-order chi connectivity index (χ0) is 11.7. The molecule has 15 heavy (non-hydrogen) atoms. The van der Waals surface area contributed by atoms with Gasteiger partial charge in [-0.3, -0.25) is 5.32 Å². The molecule has 4 nitrogen and oxygen atoms in total. The number of nitrogens with one attached hydrogen (secondary N) is 1. The maximum atomic E-state index is 5.72. The molecule has 0 bridgehead atoms. The molecule has 5 heteroatoms. The van der Waals surface area contributed by atoms with Gasteiger partial charge in [0.2, 0.25) is 0 Å². The second-order valence-corrected chi connectivity index (χ2v) is 5.63. The van der Waals surface area contributed by atoms with Gasteiger partial charge >= 0.3 is 9.28 Å². The topological polar surface area (TPSA) is 56.5 Å². The minimum absolute atomic E-state index is 0.0350. The molecule has 0 saturated heterocycles. The lowest BCUT2D eigenvalue weighted by atomic mass is 10.2. The van der Waals surface area contributed by atoms with Crippen molar-refractivity contribution >= 4 is 9.28 Å². The smallest absolute Gasteiger partial charge is 0.322 e. The van der Waals surface area contributed by atoms with Gasteiger partial charge in [-0.25, -0.2) is 0 Å². The van der Waals surface area contributed by atoms with Gasteiger partial charge in [-0.1, -0.05) is 6.92 Å². The van der Waals surface area contributed by atoms with Gasteiger partial charge in [0.25, 0.3) is 0 Å². The molecule has 0 heterocycles. The van der Waals surface area contributed by atoms with Crippen LogP contribution in [-0.2, 0) is 8.85 Å². The number of nitrogens with two attached hydrogens (primary N) is 1. The van der Waals surface area contributed by atoms with Gasteiger partial charge in [-0.05, 0) is 27.2 Å². The third-order valence-corrected chi connectivity index (χ3v) is 4.54. The Labute approximate surface area is 95.4 Å². The minimum atomic E-state index is -1.49. The molecule has 2 unspecified atom stereocenters. The maximum absolute atomic E-state index is 5.72. The first-order valence-electron chi connectivity index (χ1n) is 5.88. The van der Waals surface area contributed by atoms with Crippen molar-refractivity contribution in [3.05, 3.63) is 0 Å². The van der Waals surface area contributed by atoms with E-state index in [1.54, 1.807) is 0 Å². The van der Waals surface area contributed by atoms with Crippen LogP contribution in [0.4, 0.5) is 0 Å². The van der Waals surface area contributed by atoms with Crippen LogP contribution in [0.3, 0.4) is 0 Å². The fourth-order valence-electron chi connectivity index (χ4n) is 1.51. The molecular weight excluding hydrogens is 208 g/mol. The van der Waals surface area contributed by atoms with E-state index in [2.05, 4.69) is 12.2 Å². The van der Waals surface area contributed by atoms with Crippen molar-refractivity contribution in [2.24, 2.45) is 5.73 Å². The molecule has 0 fully saturated rings. The summed E-state index contributed by atoms with van der Waals surface area (Å²) < 4.78 is 11.3. The van der Waals surface area contributed by atoms with Gasteiger partial charge in [0.05, 0.1) is 6.17 Å². The third-order valence-electron chi connectivity index (χ3n) is 2.17. The van der Waals surface area contributed by atoms with Crippen LogP contribution in [0.15, 0.2) is 0 Å². The Bertz CT molecular complexity index is 141. The summed E-state index contributed by atoms with van der Waals surface area (Å²) in [5.74, 6) is 0. The molecule has 0 amide bonds. The normalized spacial score (nSPS) is 15.6. The highest BCUT2D eigenvalue weighted by molar-refractivity contribution is 6.44. The Morgan fingerprint density at radius 3 is 2.07 bits per heavy atom. The molecule has 0 aromatic heterocycles. The first kappa shape index (κ1) is 15.1. The maximum Gasteiger partial charge on any atom is 0.322 e. The average molecular weight is 234 g/mol. The summed E-state index contributed by atoms with van der Waals surface area (Å²) in [5, 5.41) is 3.33. The van der Waals surface area contributed by atoms with Crippen LogP contribution in [0.1, 0.15) is 34.1 Å². The summed E-state index contributed by atoms with van der Waals surface area (Å²) in [4.78, 5) is 0. The molecule has 0 saturated carbocycles. The zero-order valence-corrected chi connectivity index (χ0v) is 11.6. The van der Waals surface area contributed by atoms with E-state index in [1.807, 2.05) is 20.8 Å². The lowest BCUT2D eigenvalue weighted by Crippen LogP contribution is -2.44. The Hall–Kier alpha value is 0.0569. The summed E-state index contributed by atoms with van der Waals surface area (Å²) in [7, 11) is -1.49. The Morgan fingerprint density at radius 2 is 1.73 bits per heavy atom. The Balaban J connectivity index is 3.96. The van der Waals surface area contributed by atoms with Crippen molar-refractivity contribution in [1.82, 2.24) is 5.32 Å². The van der Waals surface area contributed by atoms with Gasteiger partial charge in [-0.2, -0.15) is 0 Å². The molecule has 3 N–H and O–H groups in total. The lowest BCUT2D eigenvalue weighted by molar-refractivity contribution is 0.208. The molecule has 0 aliphatic carbocycles. The van der Waals surface area contributed by atoms with Crippen LogP contribution in [0.25, 0.3) is 0 Å². The largest absolute Gasteiger partial charge is 0.397 e. The predicted molar refractivity (Wildman–Crippen MR) is 66.1 cm³/mol. The van der Waals surface area contributed by atoms with Gasteiger partial charge in [-0.15, -0.1) is 0 Å². The lowest BCUT2D eigenvalue weighted by Gasteiger charge is -2.23. The second kappa shape index (κ2) is 9.29. The Kier molecular flexibility index (Phi) is 9.33. The molecule has 0 spiro atoms. The molecule has 0 aromatic rings.